The van der Waals surface area contributed by atoms with Gasteiger partial charge in [0, 0.05) is 23.4 Å². The first kappa shape index (κ1) is 21.4. The molecule has 0 atom stereocenters. The number of nitrogens with one attached hydrogen (secondary N) is 1. The Morgan fingerprint density at radius 2 is 1.80 bits per heavy atom. The van der Waals surface area contributed by atoms with Crippen molar-refractivity contribution in [3.63, 3.8) is 0 Å². The second-order valence-electron chi connectivity index (χ2n) is 6.31. The summed E-state index contributed by atoms with van der Waals surface area (Å²) < 4.78 is 44.1. The fraction of sp³-hybridized carbons (Fsp3) is 0.238. The van der Waals surface area contributed by atoms with Gasteiger partial charge in [0.25, 0.3) is 10.0 Å². The van der Waals surface area contributed by atoms with Crippen molar-refractivity contribution in [1.29, 1.82) is 0 Å². The third-order valence-electron chi connectivity index (χ3n) is 4.17. The number of sulfonamides is 1. The van der Waals surface area contributed by atoms with E-state index < -0.39 is 10.0 Å². The predicted molar refractivity (Wildman–Crippen MR) is 114 cm³/mol. The van der Waals surface area contributed by atoms with Gasteiger partial charge >= 0.3 is 0 Å². The normalized spacial score (nSPS) is 11.0. The summed E-state index contributed by atoms with van der Waals surface area (Å²) in [6, 6.07) is 14.9. The number of methoxy groups -OCH3 is 2. The maximum atomic E-state index is 12.9. The highest BCUT2D eigenvalue weighted by Gasteiger charge is 2.20. The summed E-state index contributed by atoms with van der Waals surface area (Å²) in [6.45, 7) is 2.58. The molecule has 0 radical (unpaired) electrons. The van der Waals surface area contributed by atoms with Crippen LogP contribution in [-0.4, -0.2) is 39.4 Å². The van der Waals surface area contributed by atoms with Crippen LogP contribution in [0.5, 0.6) is 17.4 Å². The van der Waals surface area contributed by atoms with E-state index in [2.05, 4.69) is 14.9 Å². The zero-order chi connectivity index (χ0) is 21.6. The van der Waals surface area contributed by atoms with Crippen molar-refractivity contribution in [1.82, 2.24) is 10.2 Å². The van der Waals surface area contributed by atoms with E-state index in [-0.39, 0.29) is 10.6 Å². The Hall–Kier alpha value is -3.33. The lowest BCUT2D eigenvalue weighted by atomic mass is 10.1. The molecule has 1 heterocycles. The van der Waals surface area contributed by atoms with Gasteiger partial charge in [0.15, 0.2) is 0 Å². The van der Waals surface area contributed by atoms with Crippen molar-refractivity contribution < 1.29 is 22.6 Å². The number of rotatable bonds is 9. The minimum atomic E-state index is -3.88. The minimum absolute atomic E-state index is 0.00780. The van der Waals surface area contributed by atoms with Crippen LogP contribution < -0.4 is 18.9 Å². The summed E-state index contributed by atoms with van der Waals surface area (Å²) in [7, 11) is -0.982. The predicted octanol–water partition coefficient (Wildman–Crippen LogP) is 3.75. The molecule has 8 nitrogen and oxygen atoms in total. The second-order valence-corrected chi connectivity index (χ2v) is 7.96. The quantitative estimate of drug-likeness (QED) is 0.553. The van der Waals surface area contributed by atoms with Gasteiger partial charge in [-0.15, -0.1) is 10.2 Å². The molecule has 2 aromatic carbocycles. The van der Waals surface area contributed by atoms with Crippen LogP contribution in [0.1, 0.15) is 13.3 Å². The smallest absolute Gasteiger partial charge is 0.265 e. The van der Waals surface area contributed by atoms with E-state index >= 15 is 0 Å². The fourth-order valence-electron chi connectivity index (χ4n) is 2.71. The Balaban J connectivity index is 1.84. The van der Waals surface area contributed by atoms with Crippen molar-refractivity contribution in [3.8, 4) is 28.6 Å². The number of ether oxygens (including phenoxy) is 3. The summed E-state index contributed by atoms with van der Waals surface area (Å²) in [6.07, 6.45) is 0.880. The molecule has 1 aromatic heterocycles. The van der Waals surface area contributed by atoms with Gasteiger partial charge in [0.1, 0.15) is 16.4 Å². The van der Waals surface area contributed by atoms with Crippen LogP contribution in [0.3, 0.4) is 0 Å². The molecule has 0 saturated carbocycles. The van der Waals surface area contributed by atoms with Gasteiger partial charge in [0.2, 0.25) is 5.88 Å². The molecule has 1 N–H and O–H groups in total. The topological polar surface area (TPSA) is 99.6 Å². The van der Waals surface area contributed by atoms with Crippen LogP contribution in [0.2, 0.25) is 0 Å². The van der Waals surface area contributed by atoms with Crippen LogP contribution in [-0.2, 0) is 10.0 Å². The van der Waals surface area contributed by atoms with E-state index in [1.807, 2.05) is 13.0 Å². The Labute approximate surface area is 175 Å². The number of aromatic nitrogens is 2. The van der Waals surface area contributed by atoms with Gasteiger partial charge < -0.3 is 14.2 Å². The zero-order valence-electron chi connectivity index (χ0n) is 17.0. The van der Waals surface area contributed by atoms with Crippen LogP contribution in [0.25, 0.3) is 11.3 Å². The summed E-state index contributed by atoms with van der Waals surface area (Å²) in [5.41, 5.74) is 1.70. The third-order valence-corrected chi connectivity index (χ3v) is 5.59. The van der Waals surface area contributed by atoms with E-state index in [0.717, 1.165) is 6.42 Å². The summed E-state index contributed by atoms with van der Waals surface area (Å²) in [4.78, 5) is 0.00780. The average molecular weight is 429 g/mol. The third kappa shape index (κ3) is 4.98. The highest BCUT2D eigenvalue weighted by Crippen LogP contribution is 2.30. The Morgan fingerprint density at radius 3 is 2.47 bits per heavy atom. The van der Waals surface area contributed by atoms with E-state index in [9.17, 15) is 8.42 Å². The van der Waals surface area contributed by atoms with Crippen molar-refractivity contribution in [2.45, 2.75) is 18.2 Å². The first-order chi connectivity index (χ1) is 14.5. The largest absolute Gasteiger partial charge is 0.497 e. The lowest BCUT2D eigenvalue weighted by Crippen LogP contribution is -2.14. The summed E-state index contributed by atoms with van der Waals surface area (Å²) in [5, 5.41) is 8.20. The number of hydrogen-bond acceptors (Lipinski definition) is 7. The highest BCUT2D eigenvalue weighted by atomic mass is 32.2. The van der Waals surface area contributed by atoms with Crippen LogP contribution >= 0.6 is 0 Å². The second kappa shape index (κ2) is 9.45. The molecule has 0 fully saturated rings. The average Bonchev–Trinajstić information content (AvgIpc) is 2.77. The van der Waals surface area contributed by atoms with E-state index in [1.165, 1.54) is 26.4 Å². The maximum Gasteiger partial charge on any atom is 0.265 e. The van der Waals surface area contributed by atoms with Gasteiger partial charge in [0.05, 0.1) is 26.5 Å². The molecular formula is C21H23N3O5S. The van der Waals surface area contributed by atoms with Gasteiger partial charge in [-0.25, -0.2) is 8.42 Å². The molecule has 30 heavy (non-hydrogen) atoms. The molecule has 0 aliphatic rings. The standard InChI is InChI=1S/C21H23N3O5S/c1-4-12-29-21-11-9-18(22-23-21)15-6-5-7-16(13-15)24-30(25,26)20-10-8-17(27-2)14-19(20)28-3/h5-11,13-14,24H,4,12H2,1-3H3. The zero-order valence-corrected chi connectivity index (χ0v) is 17.8. The Morgan fingerprint density at radius 1 is 0.967 bits per heavy atom. The van der Waals surface area contributed by atoms with E-state index in [0.29, 0.717) is 35.2 Å². The van der Waals surface area contributed by atoms with Gasteiger partial charge in [-0.3, -0.25) is 4.72 Å². The summed E-state index contributed by atoms with van der Waals surface area (Å²) >= 11 is 0. The van der Waals surface area contributed by atoms with Crippen LogP contribution in [0.4, 0.5) is 5.69 Å². The monoisotopic (exact) mass is 429 g/mol. The molecular weight excluding hydrogens is 406 g/mol. The van der Waals surface area contributed by atoms with Crippen molar-refractivity contribution in [2.75, 3.05) is 25.5 Å². The molecule has 3 aromatic rings. The SMILES string of the molecule is CCCOc1ccc(-c2cccc(NS(=O)(=O)c3ccc(OC)cc3OC)c2)nn1. The van der Waals surface area contributed by atoms with E-state index in [1.54, 1.807) is 36.4 Å². The number of benzene rings is 2. The molecule has 0 unspecified atom stereocenters. The molecule has 0 bridgehead atoms. The van der Waals surface area contributed by atoms with Gasteiger partial charge in [-0.2, -0.15) is 0 Å². The molecule has 3 rings (SSSR count). The first-order valence-corrected chi connectivity index (χ1v) is 10.8. The van der Waals surface area contributed by atoms with Gasteiger partial charge in [-0.05, 0) is 36.8 Å². The molecule has 9 heteroatoms. The van der Waals surface area contributed by atoms with Gasteiger partial charge in [-0.1, -0.05) is 19.1 Å². The van der Waals surface area contributed by atoms with Crippen LogP contribution in [0, 0.1) is 0 Å². The lowest BCUT2D eigenvalue weighted by molar-refractivity contribution is 0.302. The molecule has 0 amide bonds. The Bertz CT molecular complexity index is 1100. The van der Waals surface area contributed by atoms with E-state index in [4.69, 9.17) is 14.2 Å². The lowest BCUT2D eigenvalue weighted by Gasteiger charge is -2.13. The molecule has 0 aliphatic carbocycles. The Kier molecular flexibility index (Phi) is 6.73. The van der Waals surface area contributed by atoms with Crippen molar-refractivity contribution in [3.05, 3.63) is 54.6 Å². The van der Waals surface area contributed by atoms with Crippen molar-refractivity contribution >= 4 is 15.7 Å². The maximum absolute atomic E-state index is 12.9. The number of anilines is 1. The number of hydrogen-bond donors (Lipinski definition) is 1. The van der Waals surface area contributed by atoms with Crippen molar-refractivity contribution in [2.24, 2.45) is 0 Å². The highest BCUT2D eigenvalue weighted by molar-refractivity contribution is 7.92. The summed E-state index contributed by atoms with van der Waals surface area (Å²) in [5.74, 6) is 1.13. The number of nitrogens with zero attached hydrogens (tertiary/aromatic N) is 2. The molecule has 158 valence electrons. The minimum Gasteiger partial charge on any atom is -0.497 e. The van der Waals surface area contributed by atoms with Crippen LogP contribution in [0.15, 0.2) is 59.5 Å². The first-order valence-electron chi connectivity index (χ1n) is 9.28. The molecule has 0 saturated heterocycles. The molecule has 0 spiro atoms. The fourth-order valence-corrected chi connectivity index (χ4v) is 3.91. The molecule has 0 aliphatic heterocycles.